The van der Waals surface area contributed by atoms with Gasteiger partial charge >= 0.3 is 210 Å². The van der Waals surface area contributed by atoms with Crippen LogP contribution in [0.25, 0.3) is 0 Å². The average Bonchev–Trinajstić information content (AvgIpc) is 1.98. The fraction of sp³-hybridized carbons (Fsp3) is 0. The Hall–Kier alpha value is 4.50. The van der Waals surface area contributed by atoms with Crippen molar-refractivity contribution in [1.82, 2.24) is 0 Å². The van der Waals surface area contributed by atoms with Gasteiger partial charge in [-0.05, 0) is 0 Å². The van der Waals surface area contributed by atoms with Crippen LogP contribution in [0.4, 0.5) is 4.79 Å². The van der Waals surface area contributed by atoms with Crippen molar-refractivity contribution < 1.29 is 275 Å². The normalized spacial score (nSPS) is 5.18. The van der Waals surface area contributed by atoms with E-state index in [1.807, 2.05) is 0 Å². The van der Waals surface area contributed by atoms with Crippen LogP contribution in [-0.2, 0) is 19.7 Å². The zero-order valence-electron chi connectivity index (χ0n) is 22.1. The van der Waals surface area contributed by atoms with Crippen LogP contribution in [0.3, 0.4) is 0 Å². The number of carboxylic acid groups (broad SMARTS) is 2. The molecule has 17 N–H and O–H groups in total. The second-order valence-corrected chi connectivity index (χ2v) is 2.91. The van der Waals surface area contributed by atoms with Gasteiger partial charge in [0.05, 0.1) is 0 Å². The molecule has 0 atom stereocenters. The van der Waals surface area contributed by atoms with Crippen LogP contribution in [-0.4, -0.2) is 97.2 Å². The van der Waals surface area contributed by atoms with Gasteiger partial charge in [0, 0.05) is 0 Å². The maximum Gasteiger partial charge on any atom is 1.00 e. The van der Waals surface area contributed by atoms with Crippen molar-refractivity contribution >= 4 is 33.0 Å². The Kier molecular flexibility index (Phi) is 235. The Bertz CT molecular complexity index is 310. The minimum atomic E-state index is -4.67. The summed E-state index contributed by atoms with van der Waals surface area (Å²) in [5.74, 6) is 0. The predicted octanol–water partition coefficient (Wildman–Crippen LogP) is -24.2. The maximum absolute atomic E-state index is 8.74. The molecule has 0 amide bonds. The first kappa shape index (κ1) is 94.2. The molecule has 0 fully saturated rings. The van der Waals surface area contributed by atoms with E-state index in [9.17, 15) is 0 Å². The summed E-state index contributed by atoms with van der Waals surface area (Å²) in [5, 5.41) is 36.0. The molecule has 0 rings (SSSR count). The van der Waals surface area contributed by atoms with Gasteiger partial charge in [-0.15, -0.1) is 0 Å². The molecule has 0 radical (unpaired) electrons. The third-order valence-corrected chi connectivity index (χ3v) is 0.0943. The van der Waals surface area contributed by atoms with E-state index in [4.69, 9.17) is 61.9 Å². The fourth-order valence-electron chi connectivity index (χ4n) is 0. The molecule has 27 heteroatoms. The number of hydrogen-bond acceptors (Lipinski definition) is 8. The largest absolute Gasteiger partial charge is 1.00 e. The SMILES string of the molecule is O.O.O.O.O=C(O)O.O=S(=O)(O)O.O=[Si](O)O.OOB(O)O.[H-].[H-].[H-].[H-].[H-].[H-].[Na+].[Na+].[Na+].[Na+].[Na+].[Na+]. The van der Waals surface area contributed by atoms with Crippen LogP contribution in [0.1, 0.15) is 8.56 Å². The third kappa shape index (κ3) is 628. The molecule has 0 aliphatic rings. The second-order valence-electron chi connectivity index (χ2n) is 1.44. The van der Waals surface area contributed by atoms with Gasteiger partial charge in [0.1, 0.15) is 0 Å². The molecule has 0 bridgehead atoms. The van der Waals surface area contributed by atoms with Gasteiger partial charge in [0.15, 0.2) is 0 Å². The third-order valence-electron chi connectivity index (χ3n) is 0.0943. The van der Waals surface area contributed by atoms with E-state index in [-0.39, 0.29) is 208 Å². The maximum atomic E-state index is 8.74. The van der Waals surface area contributed by atoms with E-state index < -0.39 is 33.0 Å². The van der Waals surface area contributed by atoms with Gasteiger partial charge in [-0.3, -0.25) is 18.8 Å². The van der Waals surface area contributed by atoms with Crippen molar-refractivity contribution in [3.05, 3.63) is 0 Å². The molecule has 28 heavy (non-hydrogen) atoms. The second kappa shape index (κ2) is 69.7. The molecule has 0 aromatic carbocycles. The Morgan fingerprint density at radius 1 is 0.821 bits per heavy atom. The van der Waals surface area contributed by atoms with E-state index in [2.05, 4.69) is 4.81 Å². The topological polar surface area (TPSA) is 386 Å². The Balaban J connectivity index is -0.00000000370. The van der Waals surface area contributed by atoms with Crippen molar-refractivity contribution in [2.45, 2.75) is 0 Å². The first-order valence-electron chi connectivity index (χ1n) is 2.94. The van der Waals surface area contributed by atoms with Crippen LogP contribution in [0.5, 0.6) is 0 Å². The molecule has 0 unspecified atom stereocenters. The number of rotatable bonds is 1. The van der Waals surface area contributed by atoms with Crippen molar-refractivity contribution in [3.63, 3.8) is 0 Å². The molecule has 0 spiro atoms. The summed E-state index contributed by atoms with van der Waals surface area (Å²) >= 11 is 0. The van der Waals surface area contributed by atoms with Crippen molar-refractivity contribution in [2.75, 3.05) is 0 Å². The summed E-state index contributed by atoms with van der Waals surface area (Å²) in [5.41, 5.74) is 0. The summed E-state index contributed by atoms with van der Waals surface area (Å²) in [6.07, 6.45) is -1.83. The summed E-state index contributed by atoms with van der Waals surface area (Å²) in [4.78, 5) is 25.7. The fourth-order valence-corrected chi connectivity index (χ4v) is 0. The predicted molar refractivity (Wildman–Crippen MR) is 70.7 cm³/mol. The standard InChI is InChI=1S/CH2O3.BH3O4.6Na.H2O4S.H2O3Si.4H2O.6H/c2-1(3)4;2-1(3)5-4;;;;;;;1-5(2,3)4;1-4(2)3;;;;;;;;;;/h(H2,2,3,4);2-4H;;;;;;;(H2,1,2,3,4);1-2H;4*1H2;;;;;;/q;;6*+1;;;;;;;6*-1. The molecule has 0 saturated carbocycles. The smallest absolute Gasteiger partial charge is 1.00 e. The minimum absolute atomic E-state index is 0. The van der Waals surface area contributed by atoms with Crippen LogP contribution in [0.2, 0.25) is 0 Å². The molecule has 18 nitrogen and oxygen atoms in total. The molecule has 0 aliphatic carbocycles. The van der Waals surface area contributed by atoms with Crippen LogP contribution >= 0.6 is 0 Å². The monoisotopic (exact) mass is 532 g/mol. The number of hydrogen-bond donors (Lipinski definition) is 9. The summed E-state index contributed by atoms with van der Waals surface area (Å²) in [6, 6.07) is 0. The Morgan fingerprint density at radius 2 is 0.857 bits per heavy atom. The first-order chi connectivity index (χ1) is 7.73. The van der Waals surface area contributed by atoms with Crippen LogP contribution in [0, 0.1) is 0 Å². The summed E-state index contributed by atoms with van der Waals surface area (Å²) in [6.45, 7) is 0. The molecule has 0 saturated heterocycles. The van der Waals surface area contributed by atoms with Crippen LogP contribution in [0.15, 0.2) is 0 Å². The van der Waals surface area contributed by atoms with Crippen molar-refractivity contribution in [3.8, 4) is 0 Å². The Morgan fingerprint density at radius 3 is 0.857 bits per heavy atom. The summed E-state index contributed by atoms with van der Waals surface area (Å²) < 4.78 is 40.3. The van der Waals surface area contributed by atoms with Gasteiger partial charge in [0.25, 0.3) is 0 Å². The van der Waals surface area contributed by atoms with E-state index in [0.717, 1.165) is 0 Å². The van der Waals surface area contributed by atoms with E-state index >= 15 is 0 Å². The van der Waals surface area contributed by atoms with Gasteiger partial charge in [-0.2, -0.15) is 8.42 Å². The molecule has 0 heterocycles. The van der Waals surface area contributed by atoms with E-state index in [1.54, 1.807) is 0 Å². The van der Waals surface area contributed by atoms with Crippen molar-refractivity contribution in [2.24, 2.45) is 0 Å². The quantitative estimate of drug-likeness (QED) is 0.0655. The van der Waals surface area contributed by atoms with Gasteiger partial charge < -0.3 is 60.3 Å². The molecular weight excluding hydrogens is 509 g/mol. The molecule has 0 aromatic heterocycles. The number of carbonyl (C=O) groups is 1. The molecular formula is CH23BNa6O18SSi. The van der Waals surface area contributed by atoms with Crippen molar-refractivity contribution in [1.29, 1.82) is 0 Å². The minimum Gasteiger partial charge on any atom is -1.00 e. The van der Waals surface area contributed by atoms with Gasteiger partial charge in [0.2, 0.25) is 0 Å². The average molecular weight is 532 g/mol. The zero-order chi connectivity index (χ0) is 15.9. The van der Waals surface area contributed by atoms with Gasteiger partial charge in [-0.25, -0.2) is 9.60 Å². The zero-order valence-corrected chi connectivity index (χ0v) is 29.9. The molecule has 0 aliphatic heterocycles. The molecule has 154 valence electrons. The van der Waals surface area contributed by atoms with Gasteiger partial charge in [-0.1, -0.05) is 0 Å². The molecule has 0 aromatic rings. The summed E-state index contributed by atoms with van der Waals surface area (Å²) in [7, 11) is -9.86. The van der Waals surface area contributed by atoms with Crippen LogP contribution < -0.4 is 177 Å². The first-order valence-corrected chi connectivity index (χ1v) is 5.64. The van der Waals surface area contributed by atoms with E-state index in [0.29, 0.717) is 0 Å². The van der Waals surface area contributed by atoms with E-state index in [1.165, 1.54) is 0 Å². The Labute approximate surface area is 302 Å².